The Morgan fingerprint density at radius 2 is 0.767 bits per heavy atom. The van der Waals surface area contributed by atoms with Gasteiger partial charge in [-0.2, -0.15) is 7.11 Å². The summed E-state index contributed by atoms with van der Waals surface area (Å²) in [6, 6.07) is 0. The Bertz CT molecular complexity index is 460. The second kappa shape index (κ2) is 14.2. The van der Waals surface area contributed by atoms with Crippen molar-refractivity contribution in [2.75, 3.05) is 7.11 Å². The van der Waals surface area contributed by atoms with Gasteiger partial charge in [0.2, 0.25) is 0 Å². The Labute approximate surface area is 187 Å². The maximum atomic E-state index is 12.6. The van der Waals surface area contributed by atoms with Gasteiger partial charge in [0.05, 0.1) is 0 Å². The first kappa shape index (κ1) is 25.3. The van der Waals surface area contributed by atoms with Crippen LogP contribution >= 0.6 is 0 Å². The summed E-state index contributed by atoms with van der Waals surface area (Å²) in [5.74, 6) is -1.50. The fourth-order valence-electron chi connectivity index (χ4n) is 4.57. The van der Waals surface area contributed by atoms with Gasteiger partial charge in [0.1, 0.15) is 0 Å². The van der Waals surface area contributed by atoms with E-state index in [2.05, 4.69) is 0 Å². The van der Waals surface area contributed by atoms with Crippen LogP contribution in [0.4, 0.5) is 0 Å². The quantitative estimate of drug-likeness (QED) is 0.557. The Balaban J connectivity index is 0.00000155. The molecule has 0 unspecified atom stereocenters. The van der Waals surface area contributed by atoms with E-state index < -0.39 is 19.0 Å². The van der Waals surface area contributed by atoms with Crippen LogP contribution in [0.2, 0.25) is 0 Å². The summed E-state index contributed by atoms with van der Waals surface area (Å²) in [7, 11) is 0.750. The van der Waals surface area contributed by atoms with Gasteiger partial charge in [0, 0.05) is 0 Å². The summed E-state index contributed by atoms with van der Waals surface area (Å²) >= 11 is -3.49. The van der Waals surface area contributed by atoms with Gasteiger partial charge < -0.3 is 5.11 Å². The van der Waals surface area contributed by atoms with Gasteiger partial charge in [0.15, 0.2) is 0 Å². The first-order chi connectivity index (χ1) is 14.6. The number of carbonyl (C=O) groups excluding carboxylic acids is 3. The van der Waals surface area contributed by atoms with Crippen molar-refractivity contribution in [3.63, 3.8) is 0 Å². The van der Waals surface area contributed by atoms with Crippen LogP contribution in [0.3, 0.4) is 0 Å². The normalized spacial score (nSPS) is 21.0. The van der Waals surface area contributed by atoms with Crippen molar-refractivity contribution in [1.82, 2.24) is 0 Å². The average molecular weight is 460 g/mol. The molecule has 3 aliphatic carbocycles. The third-order valence-corrected chi connectivity index (χ3v) is 8.09. The second-order valence-corrected chi connectivity index (χ2v) is 10.3. The van der Waals surface area contributed by atoms with Crippen LogP contribution in [0.15, 0.2) is 0 Å². The van der Waals surface area contributed by atoms with Gasteiger partial charge in [-0.15, -0.1) is 0 Å². The zero-order chi connectivity index (χ0) is 21.8. The second-order valence-electron chi connectivity index (χ2n) is 8.52. The summed E-state index contributed by atoms with van der Waals surface area (Å²) in [5.41, 5.74) is 0. The topological polar surface area (TPSA) is 102 Å². The van der Waals surface area contributed by atoms with Crippen molar-refractivity contribution in [3.05, 3.63) is 0 Å². The van der Waals surface area contributed by atoms with E-state index in [1.807, 2.05) is 0 Å². The zero-order valence-electron chi connectivity index (χ0n) is 18.2. The molecule has 170 valence electrons. The molecule has 0 amide bonds. The average Bonchev–Trinajstić information content (AvgIpc) is 2.82. The number of rotatable bonds is 6. The molecule has 3 saturated carbocycles. The number of hydrogen-bond donors (Lipinski definition) is 0. The van der Waals surface area contributed by atoms with Crippen molar-refractivity contribution < 1.29 is 48.5 Å². The fraction of sp³-hybridized carbons (Fsp3) is 0.864. The van der Waals surface area contributed by atoms with E-state index in [-0.39, 0.29) is 35.7 Å². The molecule has 3 aliphatic rings. The summed E-state index contributed by atoms with van der Waals surface area (Å²) < 4.78 is 16.7. The molecule has 0 aliphatic heterocycles. The molecule has 0 aromatic rings. The number of carbonyl (C=O) groups is 3. The van der Waals surface area contributed by atoms with Gasteiger partial charge in [-0.05, 0) is 0 Å². The van der Waals surface area contributed by atoms with Crippen molar-refractivity contribution in [2.24, 2.45) is 17.8 Å². The summed E-state index contributed by atoms with van der Waals surface area (Å²) in [5, 5.41) is 8.25. The van der Waals surface area contributed by atoms with Gasteiger partial charge >= 0.3 is 175 Å². The molecular weight excluding hydrogens is 424 g/mol. The Morgan fingerprint density at radius 3 is 1.00 bits per heavy atom. The molecule has 3 rings (SSSR count). The van der Waals surface area contributed by atoms with Crippen LogP contribution in [0, 0.1) is 17.8 Å². The van der Waals surface area contributed by atoms with E-state index in [0.717, 1.165) is 103 Å². The number of hydrogen-bond acceptors (Lipinski definition) is 7. The van der Waals surface area contributed by atoms with E-state index in [9.17, 15) is 14.4 Å². The van der Waals surface area contributed by atoms with Crippen LogP contribution in [0.25, 0.3) is 0 Å². The molecule has 7 nitrogen and oxygen atoms in total. The van der Waals surface area contributed by atoms with Crippen LogP contribution < -0.4 is 5.11 Å². The third kappa shape index (κ3) is 8.31. The summed E-state index contributed by atoms with van der Waals surface area (Å²) in [6.45, 7) is 0. The maximum absolute atomic E-state index is 12.6. The van der Waals surface area contributed by atoms with Crippen molar-refractivity contribution in [3.8, 4) is 0 Å². The summed E-state index contributed by atoms with van der Waals surface area (Å²) in [6.07, 6.45) is 14.3. The van der Waals surface area contributed by atoms with E-state index in [1.165, 1.54) is 0 Å². The van der Waals surface area contributed by atoms with Crippen molar-refractivity contribution in [2.45, 2.75) is 96.3 Å². The van der Waals surface area contributed by atoms with Crippen LogP contribution in [-0.4, -0.2) is 25.0 Å². The molecule has 0 radical (unpaired) electrons. The first-order valence-corrected chi connectivity index (χ1v) is 13.5. The van der Waals surface area contributed by atoms with Crippen LogP contribution in [-0.2, 0) is 43.4 Å². The third-order valence-electron chi connectivity index (χ3n) is 6.37. The molecule has 0 bridgehead atoms. The molecule has 3 fully saturated rings. The zero-order valence-corrected chi connectivity index (χ0v) is 19.8. The molecule has 0 aromatic heterocycles. The molecular formula is C22H36O7Ti. The predicted molar refractivity (Wildman–Crippen MR) is 104 cm³/mol. The molecule has 0 saturated heterocycles. The van der Waals surface area contributed by atoms with E-state index >= 15 is 0 Å². The molecule has 0 N–H and O–H groups in total. The van der Waals surface area contributed by atoms with E-state index in [1.54, 1.807) is 0 Å². The van der Waals surface area contributed by atoms with Crippen LogP contribution in [0.1, 0.15) is 96.3 Å². The summed E-state index contributed by atoms with van der Waals surface area (Å²) in [4.78, 5) is 37.7. The van der Waals surface area contributed by atoms with E-state index in [4.69, 9.17) is 15.1 Å². The molecule has 0 heterocycles. The minimum absolute atomic E-state index is 0.155. The molecule has 30 heavy (non-hydrogen) atoms. The van der Waals surface area contributed by atoms with E-state index in [0.29, 0.717) is 0 Å². The molecule has 8 heteroatoms. The Hall–Kier alpha value is -0.916. The SMILES string of the molecule is C[O-].O=C([O][Ti+]([O]C(=O)C1CCCCC1)[O]C(=O)C1CCCCC1)C1CCCCC1. The van der Waals surface area contributed by atoms with Crippen molar-refractivity contribution >= 4 is 17.9 Å². The van der Waals surface area contributed by atoms with Gasteiger partial charge in [0.25, 0.3) is 0 Å². The minimum atomic E-state index is -3.49. The first-order valence-electron chi connectivity index (χ1n) is 11.6. The van der Waals surface area contributed by atoms with Gasteiger partial charge in [-0.1, -0.05) is 0 Å². The molecule has 0 aromatic carbocycles. The molecule has 0 atom stereocenters. The fourth-order valence-corrected chi connectivity index (χ4v) is 6.32. The Kier molecular flexibility index (Phi) is 12.0. The van der Waals surface area contributed by atoms with Gasteiger partial charge in [-0.3, -0.25) is 0 Å². The van der Waals surface area contributed by atoms with Crippen LogP contribution in [0.5, 0.6) is 0 Å². The molecule has 0 spiro atoms. The van der Waals surface area contributed by atoms with Crippen molar-refractivity contribution in [1.29, 1.82) is 0 Å². The van der Waals surface area contributed by atoms with Gasteiger partial charge in [-0.25, -0.2) is 0 Å². The Morgan fingerprint density at radius 1 is 0.533 bits per heavy atom. The predicted octanol–water partition coefficient (Wildman–Crippen LogP) is 3.70. The standard InChI is InChI=1S/3C7H12O2.CH3O.Ti/c3*8-7(9)6-4-2-1-3-5-6;1-2;/h3*6H,1-5H2,(H,8,9);1H3;/q;;;-1;+4/p-3. The monoisotopic (exact) mass is 460 g/mol.